The zero-order chi connectivity index (χ0) is 12.7. The summed E-state index contributed by atoms with van der Waals surface area (Å²) in [5.74, 6) is 0.527. The average molecular weight is 234 g/mol. The van der Waals surface area contributed by atoms with E-state index in [4.69, 9.17) is 9.47 Å². The maximum atomic E-state index is 10.8. The molecule has 3 heteroatoms. The van der Waals surface area contributed by atoms with Crippen molar-refractivity contribution in [2.75, 3.05) is 13.2 Å². The van der Waals surface area contributed by atoms with Gasteiger partial charge in [-0.15, -0.1) is 0 Å². The van der Waals surface area contributed by atoms with Crippen molar-refractivity contribution >= 4 is 5.97 Å². The number of esters is 1. The molecule has 0 saturated carbocycles. The normalized spacial score (nSPS) is 9.76. The molecule has 0 fully saturated rings. The Morgan fingerprint density at radius 1 is 1.29 bits per heavy atom. The zero-order valence-electron chi connectivity index (χ0n) is 10.4. The van der Waals surface area contributed by atoms with E-state index in [1.807, 2.05) is 32.0 Å². The minimum atomic E-state index is -0.392. The van der Waals surface area contributed by atoms with Gasteiger partial charge < -0.3 is 9.47 Å². The second-order valence-corrected chi connectivity index (χ2v) is 3.79. The van der Waals surface area contributed by atoms with Crippen molar-refractivity contribution in [3.63, 3.8) is 0 Å². The highest BCUT2D eigenvalue weighted by atomic mass is 16.5. The minimum absolute atomic E-state index is 0.357. The van der Waals surface area contributed by atoms with E-state index in [-0.39, 0.29) is 0 Å². The number of hydrogen-bond donors (Lipinski definition) is 0. The van der Waals surface area contributed by atoms with Gasteiger partial charge in [-0.25, -0.2) is 4.79 Å². The molecule has 0 bridgehead atoms. The maximum Gasteiger partial charge on any atom is 0.330 e. The first-order valence-electron chi connectivity index (χ1n) is 5.63. The van der Waals surface area contributed by atoms with Crippen molar-refractivity contribution in [2.45, 2.75) is 20.3 Å². The Morgan fingerprint density at radius 2 is 1.94 bits per heavy atom. The van der Waals surface area contributed by atoms with Crippen LogP contribution in [-0.4, -0.2) is 19.2 Å². The fourth-order valence-electron chi connectivity index (χ4n) is 1.49. The van der Waals surface area contributed by atoms with E-state index in [0.29, 0.717) is 19.6 Å². The smallest absolute Gasteiger partial charge is 0.330 e. The van der Waals surface area contributed by atoms with Crippen LogP contribution in [0.1, 0.15) is 17.5 Å². The first-order chi connectivity index (χ1) is 8.15. The van der Waals surface area contributed by atoms with Gasteiger partial charge in [0, 0.05) is 12.5 Å². The third-order valence-corrected chi connectivity index (χ3v) is 2.35. The average Bonchev–Trinajstić information content (AvgIpc) is 2.31. The number of carbonyl (C=O) groups excluding carboxylic acids is 1. The predicted molar refractivity (Wildman–Crippen MR) is 67.2 cm³/mol. The Hall–Kier alpha value is -1.77. The summed E-state index contributed by atoms with van der Waals surface area (Å²) in [5, 5.41) is 0. The van der Waals surface area contributed by atoms with Crippen molar-refractivity contribution in [3.8, 4) is 5.75 Å². The van der Waals surface area contributed by atoms with Crippen LogP contribution in [0.5, 0.6) is 5.75 Å². The zero-order valence-corrected chi connectivity index (χ0v) is 10.4. The molecular weight excluding hydrogens is 216 g/mol. The Morgan fingerprint density at radius 3 is 2.53 bits per heavy atom. The molecule has 0 aliphatic carbocycles. The van der Waals surface area contributed by atoms with Crippen LogP contribution in [0.15, 0.2) is 30.9 Å². The molecule has 0 unspecified atom stereocenters. The maximum absolute atomic E-state index is 10.8. The summed E-state index contributed by atoms with van der Waals surface area (Å²) in [6.45, 7) is 8.25. The van der Waals surface area contributed by atoms with Crippen LogP contribution >= 0.6 is 0 Å². The van der Waals surface area contributed by atoms with E-state index in [2.05, 4.69) is 6.58 Å². The van der Waals surface area contributed by atoms with Crippen molar-refractivity contribution in [2.24, 2.45) is 0 Å². The fourth-order valence-corrected chi connectivity index (χ4v) is 1.49. The molecule has 1 aromatic rings. The summed E-state index contributed by atoms with van der Waals surface area (Å²) in [6, 6.07) is 6.03. The molecule has 0 N–H and O–H groups in total. The Bertz CT molecular complexity index is 376. The lowest BCUT2D eigenvalue weighted by atomic mass is 10.1. The predicted octanol–water partition coefficient (Wildman–Crippen LogP) is 2.80. The van der Waals surface area contributed by atoms with Gasteiger partial charge in [0.05, 0.1) is 13.2 Å². The van der Waals surface area contributed by atoms with Crippen molar-refractivity contribution in [1.29, 1.82) is 0 Å². The topological polar surface area (TPSA) is 35.5 Å². The highest BCUT2D eigenvalue weighted by Gasteiger charge is 2.02. The lowest BCUT2D eigenvalue weighted by molar-refractivity contribution is -0.137. The molecule has 1 aromatic carbocycles. The number of benzene rings is 1. The van der Waals surface area contributed by atoms with E-state index in [9.17, 15) is 4.79 Å². The molecule has 0 saturated heterocycles. The molecule has 0 aliphatic rings. The number of ether oxygens (including phenoxy) is 2. The highest BCUT2D eigenvalue weighted by Crippen LogP contribution is 2.22. The summed E-state index contributed by atoms with van der Waals surface area (Å²) >= 11 is 0. The summed E-state index contributed by atoms with van der Waals surface area (Å²) in [5.41, 5.74) is 2.24. The first-order valence-corrected chi connectivity index (χ1v) is 5.63. The quantitative estimate of drug-likeness (QED) is 0.431. The van der Waals surface area contributed by atoms with Crippen molar-refractivity contribution < 1.29 is 14.3 Å². The number of rotatable bonds is 6. The third-order valence-electron chi connectivity index (χ3n) is 2.35. The molecule has 1 rings (SSSR count). The number of para-hydroxylation sites is 1. The lowest BCUT2D eigenvalue weighted by Crippen LogP contribution is -2.07. The molecule has 17 heavy (non-hydrogen) atoms. The molecule has 3 nitrogen and oxygen atoms in total. The molecule has 0 spiro atoms. The number of hydrogen-bond acceptors (Lipinski definition) is 3. The van der Waals surface area contributed by atoms with Gasteiger partial charge in [-0.05, 0) is 25.0 Å². The van der Waals surface area contributed by atoms with Crippen LogP contribution in [0, 0.1) is 13.8 Å². The van der Waals surface area contributed by atoms with E-state index in [1.165, 1.54) is 0 Å². The lowest BCUT2D eigenvalue weighted by Gasteiger charge is -2.11. The van der Waals surface area contributed by atoms with Gasteiger partial charge in [0.1, 0.15) is 5.75 Å². The van der Waals surface area contributed by atoms with Gasteiger partial charge in [-0.1, -0.05) is 24.8 Å². The SMILES string of the molecule is C=CC(=O)OCCCOc1c(C)cccc1C. The van der Waals surface area contributed by atoms with Gasteiger partial charge in [0.25, 0.3) is 0 Å². The van der Waals surface area contributed by atoms with Crippen LogP contribution in [0.4, 0.5) is 0 Å². The van der Waals surface area contributed by atoms with Gasteiger partial charge in [0.2, 0.25) is 0 Å². The molecule has 0 aromatic heterocycles. The largest absolute Gasteiger partial charge is 0.493 e. The summed E-state index contributed by atoms with van der Waals surface area (Å²) < 4.78 is 10.5. The van der Waals surface area contributed by atoms with Crippen molar-refractivity contribution in [3.05, 3.63) is 42.0 Å². The second kappa shape index (κ2) is 6.74. The van der Waals surface area contributed by atoms with Gasteiger partial charge in [-0.3, -0.25) is 0 Å². The molecule has 0 amide bonds. The van der Waals surface area contributed by atoms with Crippen LogP contribution in [0.25, 0.3) is 0 Å². The van der Waals surface area contributed by atoms with Crippen molar-refractivity contribution in [1.82, 2.24) is 0 Å². The van der Waals surface area contributed by atoms with E-state index in [1.54, 1.807) is 0 Å². The number of carbonyl (C=O) groups is 1. The highest BCUT2D eigenvalue weighted by molar-refractivity contribution is 5.81. The molecule has 0 atom stereocenters. The molecule has 0 radical (unpaired) electrons. The molecule has 0 aliphatic heterocycles. The van der Waals surface area contributed by atoms with Gasteiger partial charge in [-0.2, -0.15) is 0 Å². The third kappa shape index (κ3) is 4.31. The van der Waals surface area contributed by atoms with Crippen LogP contribution in [0.3, 0.4) is 0 Å². The van der Waals surface area contributed by atoms with Crippen LogP contribution < -0.4 is 4.74 Å². The summed E-state index contributed by atoms with van der Waals surface area (Å²) in [6.07, 6.45) is 1.83. The van der Waals surface area contributed by atoms with Crippen LogP contribution in [0.2, 0.25) is 0 Å². The number of aryl methyl sites for hydroxylation is 2. The summed E-state index contributed by atoms with van der Waals surface area (Å²) in [4.78, 5) is 10.8. The first kappa shape index (κ1) is 13.3. The Kier molecular flexibility index (Phi) is 5.27. The molecule has 92 valence electrons. The van der Waals surface area contributed by atoms with E-state index >= 15 is 0 Å². The van der Waals surface area contributed by atoms with Gasteiger partial charge in [0.15, 0.2) is 0 Å². The Balaban J connectivity index is 2.31. The molecule has 0 heterocycles. The minimum Gasteiger partial charge on any atom is -0.493 e. The molecular formula is C14H18O3. The Labute approximate surface area is 102 Å². The standard InChI is InChI=1S/C14H18O3/c1-4-13(15)16-9-6-10-17-14-11(2)7-5-8-12(14)3/h4-5,7-8H,1,6,9-10H2,2-3H3. The summed E-state index contributed by atoms with van der Waals surface area (Å²) in [7, 11) is 0. The monoisotopic (exact) mass is 234 g/mol. The van der Waals surface area contributed by atoms with Crippen LogP contribution in [-0.2, 0) is 9.53 Å². The second-order valence-electron chi connectivity index (χ2n) is 3.79. The fraction of sp³-hybridized carbons (Fsp3) is 0.357. The van der Waals surface area contributed by atoms with E-state index in [0.717, 1.165) is 23.0 Å². The van der Waals surface area contributed by atoms with E-state index < -0.39 is 5.97 Å². The van der Waals surface area contributed by atoms with Gasteiger partial charge >= 0.3 is 5.97 Å².